The first-order chi connectivity index (χ1) is 12.1. The smallest absolute Gasteiger partial charge is 0.450 e. The third-order valence-electron chi connectivity index (χ3n) is 5.96. The van der Waals surface area contributed by atoms with Gasteiger partial charge >= 0.3 is 13.2 Å². The van der Waals surface area contributed by atoms with Crippen LogP contribution in [0.2, 0.25) is 0 Å². The lowest BCUT2D eigenvalue weighted by molar-refractivity contribution is -0.110. The van der Waals surface area contributed by atoms with Crippen LogP contribution >= 0.6 is 0 Å². The molecule has 8 heteroatoms. The van der Waals surface area contributed by atoms with Gasteiger partial charge in [0.05, 0.1) is 12.2 Å². The maximum atomic E-state index is 12.0. The number of nitrogens with one attached hydrogen (secondary N) is 1. The molecule has 1 saturated heterocycles. The molecule has 2 spiro atoms. The number of carbonyl (C=O) groups excluding carboxylic acids is 1. The quantitative estimate of drug-likeness (QED) is 0.759. The second-order valence-electron chi connectivity index (χ2n) is 7.52. The number of carbonyl (C=O) groups is 1. The molecular weight excluding hydrogens is 321 g/mol. The lowest BCUT2D eigenvalue weighted by Crippen LogP contribution is -2.52. The third kappa shape index (κ3) is 2.01. The molecule has 0 aromatic carbocycles. The van der Waals surface area contributed by atoms with E-state index in [1.165, 1.54) is 0 Å². The molecule has 1 aliphatic carbocycles. The topological polar surface area (TPSA) is 87.7 Å². The molecule has 7 nitrogen and oxygen atoms in total. The van der Waals surface area contributed by atoms with E-state index >= 15 is 0 Å². The number of fused-ring (bicyclic) bond motifs is 4. The van der Waals surface area contributed by atoms with Crippen molar-refractivity contribution in [3.05, 3.63) is 24.0 Å². The fraction of sp³-hybridized carbons (Fsp3) is 0.529. The van der Waals surface area contributed by atoms with E-state index < -0.39 is 12.7 Å². The van der Waals surface area contributed by atoms with Crippen LogP contribution in [0.4, 0.5) is 4.79 Å². The highest BCUT2D eigenvalue weighted by Crippen LogP contribution is 2.62. The number of aromatic nitrogens is 2. The minimum absolute atomic E-state index is 0.0555. The molecule has 5 rings (SSSR count). The second kappa shape index (κ2) is 4.99. The van der Waals surface area contributed by atoms with Crippen molar-refractivity contribution >= 4 is 29.7 Å². The summed E-state index contributed by atoms with van der Waals surface area (Å²) in [5.74, 6) is 0. The lowest BCUT2D eigenvalue weighted by atomic mass is 9.56. The van der Waals surface area contributed by atoms with E-state index in [9.17, 15) is 9.82 Å². The Morgan fingerprint density at radius 1 is 1.56 bits per heavy atom. The van der Waals surface area contributed by atoms with Gasteiger partial charge in [-0.3, -0.25) is 0 Å². The SMILES string of the molecule is CCOC(=O)N1CCC2(C1)CC1(C2)OB(O)c2cnc3[nH]ccc3c21. The zero-order valence-corrected chi connectivity index (χ0v) is 14.1. The first kappa shape index (κ1) is 15.2. The molecule has 0 bridgehead atoms. The van der Waals surface area contributed by atoms with Gasteiger partial charge in [0.2, 0.25) is 0 Å². The van der Waals surface area contributed by atoms with Gasteiger partial charge in [-0.2, -0.15) is 0 Å². The van der Waals surface area contributed by atoms with Crippen molar-refractivity contribution in [2.45, 2.75) is 31.8 Å². The zero-order chi connectivity index (χ0) is 17.2. The maximum Gasteiger partial charge on any atom is 0.493 e. The zero-order valence-electron chi connectivity index (χ0n) is 14.1. The Morgan fingerprint density at radius 2 is 2.40 bits per heavy atom. The number of amides is 1. The van der Waals surface area contributed by atoms with Crippen molar-refractivity contribution < 1.29 is 19.2 Å². The largest absolute Gasteiger partial charge is 0.493 e. The average Bonchev–Trinajstić information content (AvgIpc) is 3.25. The van der Waals surface area contributed by atoms with Crippen molar-refractivity contribution in [2.24, 2.45) is 5.41 Å². The first-order valence-corrected chi connectivity index (χ1v) is 8.80. The number of nitrogens with zero attached hydrogens (tertiary/aromatic N) is 2. The van der Waals surface area contributed by atoms with Gasteiger partial charge in [-0.05, 0) is 43.2 Å². The summed E-state index contributed by atoms with van der Waals surface area (Å²) in [5.41, 5.74) is 2.23. The van der Waals surface area contributed by atoms with Gasteiger partial charge in [-0.25, -0.2) is 9.78 Å². The lowest BCUT2D eigenvalue weighted by Gasteiger charge is -2.53. The van der Waals surface area contributed by atoms with Crippen molar-refractivity contribution in [1.29, 1.82) is 0 Å². The highest BCUT2D eigenvalue weighted by Gasteiger charge is 2.64. The van der Waals surface area contributed by atoms with Gasteiger partial charge in [0, 0.05) is 36.3 Å². The number of aromatic amines is 1. The van der Waals surface area contributed by atoms with Gasteiger partial charge < -0.3 is 24.3 Å². The van der Waals surface area contributed by atoms with E-state index in [4.69, 9.17) is 9.39 Å². The number of H-pyrrole nitrogens is 1. The summed E-state index contributed by atoms with van der Waals surface area (Å²) in [6.45, 7) is 3.64. The Kier molecular flexibility index (Phi) is 3.03. The van der Waals surface area contributed by atoms with Crippen LogP contribution in [0.25, 0.3) is 11.0 Å². The predicted octanol–water partition coefficient (Wildman–Crippen LogP) is 1.12. The van der Waals surface area contributed by atoms with Crippen molar-refractivity contribution in [3.63, 3.8) is 0 Å². The van der Waals surface area contributed by atoms with E-state index in [0.29, 0.717) is 13.2 Å². The molecule has 2 aromatic rings. The summed E-state index contributed by atoms with van der Waals surface area (Å²) in [4.78, 5) is 21.3. The summed E-state index contributed by atoms with van der Waals surface area (Å²) >= 11 is 0. The summed E-state index contributed by atoms with van der Waals surface area (Å²) in [5, 5.41) is 11.4. The van der Waals surface area contributed by atoms with Crippen LogP contribution in [0.15, 0.2) is 18.5 Å². The second-order valence-corrected chi connectivity index (χ2v) is 7.52. The molecule has 1 saturated carbocycles. The fourth-order valence-corrected chi connectivity index (χ4v) is 5.07. The van der Waals surface area contributed by atoms with E-state index in [1.54, 1.807) is 11.1 Å². The molecule has 2 aromatic heterocycles. The molecule has 2 aliphatic heterocycles. The molecule has 0 unspecified atom stereocenters. The number of likely N-dealkylation sites (tertiary alicyclic amines) is 1. The Morgan fingerprint density at radius 3 is 3.20 bits per heavy atom. The molecule has 1 amide bonds. The van der Waals surface area contributed by atoms with E-state index in [2.05, 4.69) is 9.97 Å². The van der Waals surface area contributed by atoms with Gasteiger partial charge in [0.25, 0.3) is 0 Å². The van der Waals surface area contributed by atoms with Crippen LogP contribution in [-0.2, 0) is 15.0 Å². The standard InChI is InChI=1S/C17H20BN3O4/c1-2-24-15(22)21-6-4-16(10-21)8-17(9-16)13-11-3-5-19-14(11)20-7-12(13)18(23)25-17/h3,5,7,23H,2,4,6,8-10H2,1H3,(H,19,20). The summed E-state index contributed by atoms with van der Waals surface area (Å²) in [6.07, 6.45) is 5.91. The summed E-state index contributed by atoms with van der Waals surface area (Å²) in [7, 11) is -0.929. The van der Waals surface area contributed by atoms with Gasteiger partial charge in [-0.1, -0.05) is 0 Å². The van der Waals surface area contributed by atoms with Crippen LogP contribution < -0.4 is 5.46 Å². The fourth-order valence-electron chi connectivity index (χ4n) is 5.07. The molecule has 0 atom stereocenters. The number of rotatable bonds is 1. The van der Waals surface area contributed by atoms with Gasteiger partial charge in [0.15, 0.2) is 0 Å². The average molecular weight is 341 g/mol. The molecule has 2 N–H and O–H groups in total. The number of ether oxygens (including phenoxy) is 1. The molecule has 0 radical (unpaired) electrons. The molecular formula is C17H20BN3O4. The Bertz CT molecular complexity index is 861. The highest BCUT2D eigenvalue weighted by atomic mass is 16.6. The minimum atomic E-state index is -0.929. The maximum absolute atomic E-state index is 12.0. The van der Waals surface area contributed by atoms with Crippen LogP contribution in [0, 0.1) is 5.41 Å². The van der Waals surface area contributed by atoms with Crippen LogP contribution in [0.5, 0.6) is 0 Å². The normalized spacial score (nSPS) is 30.3. The number of hydrogen-bond acceptors (Lipinski definition) is 5. The van der Waals surface area contributed by atoms with Crippen LogP contribution in [0.3, 0.4) is 0 Å². The van der Waals surface area contributed by atoms with Crippen LogP contribution in [0.1, 0.15) is 31.7 Å². The van der Waals surface area contributed by atoms with Crippen molar-refractivity contribution in [1.82, 2.24) is 14.9 Å². The van der Waals surface area contributed by atoms with Crippen LogP contribution in [-0.4, -0.2) is 52.8 Å². The third-order valence-corrected chi connectivity index (χ3v) is 5.96. The first-order valence-electron chi connectivity index (χ1n) is 8.80. The van der Waals surface area contributed by atoms with Gasteiger partial charge in [-0.15, -0.1) is 0 Å². The Hall–Kier alpha value is -2.06. The number of hydrogen-bond donors (Lipinski definition) is 2. The number of pyridine rings is 1. The Labute approximate surface area is 145 Å². The molecule has 25 heavy (non-hydrogen) atoms. The monoisotopic (exact) mass is 341 g/mol. The van der Waals surface area contributed by atoms with Crippen molar-refractivity contribution in [3.8, 4) is 0 Å². The highest BCUT2D eigenvalue weighted by molar-refractivity contribution is 6.62. The summed E-state index contributed by atoms with van der Waals surface area (Å²) in [6, 6.07) is 1.99. The summed E-state index contributed by atoms with van der Waals surface area (Å²) < 4.78 is 11.2. The van der Waals surface area contributed by atoms with Crippen molar-refractivity contribution in [2.75, 3.05) is 19.7 Å². The molecule has 2 fully saturated rings. The molecule has 4 heterocycles. The minimum Gasteiger partial charge on any atom is -0.450 e. The Balaban J connectivity index is 1.44. The molecule has 130 valence electrons. The van der Waals surface area contributed by atoms with E-state index in [0.717, 1.165) is 47.9 Å². The van der Waals surface area contributed by atoms with Gasteiger partial charge in [0.1, 0.15) is 5.65 Å². The van der Waals surface area contributed by atoms with E-state index in [1.807, 2.05) is 19.2 Å². The van der Waals surface area contributed by atoms with E-state index in [-0.39, 0.29) is 11.5 Å². The predicted molar refractivity (Wildman–Crippen MR) is 91.3 cm³/mol. The molecule has 3 aliphatic rings.